The lowest BCUT2D eigenvalue weighted by atomic mass is 9.80. The lowest BCUT2D eigenvalue weighted by Gasteiger charge is -2.39. The number of nitriles is 1. The van der Waals surface area contributed by atoms with E-state index in [1.807, 2.05) is 107 Å². The quantitative estimate of drug-likeness (QED) is 0.0506. The van der Waals surface area contributed by atoms with Crippen molar-refractivity contribution in [2.24, 2.45) is 0 Å². The van der Waals surface area contributed by atoms with Crippen LogP contribution in [0.2, 0.25) is 0 Å². The number of rotatable bonds is 17. The summed E-state index contributed by atoms with van der Waals surface area (Å²) in [4.78, 5) is 13.6. The first kappa shape index (κ1) is 40.2. The van der Waals surface area contributed by atoms with Crippen LogP contribution in [0.15, 0.2) is 104 Å². The molecule has 57 heavy (non-hydrogen) atoms. The third-order valence-electron chi connectivity index (χ3n) is 10.0. The molecule has 1 unspecified atom stereocenters. The molecule has 15 heteroatoms. The highest BCUT2D eigenvalue weighted by Crippen LogP contribution is 2.51. The van der Waals surface area contributed by atoms with Crippen molar-refractivity contribution >= 4 is 25.3 Å². The molecule has 13 nitrogen and oxygen atoms in total. The van der Waals surface area contributed by atoms with Gasteiger partial charge >= 0.3 is 0 Å². The molecule has 1 fully saturated rings. The Morgan fingerprint density at radius 1 is 0.860 bits per heavy atom. The van der Waals surface area contributed by atoms with E-state index in [9.17, 15) is 5.26 Å². The molecule has 5 atom stereocenters. The minimum absolute atomic E-state index is 0.0151. The third kappa shape index (κ3) is 7.96. The Morgan fingerprint density at radius 2 is 1.49 bits per heavy atom. The number of aromatic nitrogens is 5. The third-order valence-corrected chi connectivity index (χ3v) is 12.1. The normalized spacial score (nSPS) is 19.2. The summed E-state index contributed by atoms with van der Waals surface area (Å²) in [6.07, 6.45) is 1.69. The molecule has 6 aromatic rings. The van der Waals surface area contributed by atoms with Crippen molar-refractivity contribution < 1.29 is 32.4 Å². The van der Waals surface area contributed by atoms with E-state index in [1.54, 1.807) is 41.9 Å². The van der Waals surface area contributed by atoms with Gasteiger partial charge in [0, 0.05) is 24.5 Å². The second kappa shape index (κ2) is 17.6. The fourth-order valence-electron chi connectivity index (χ4n) is 7.39. The number of halogens is 1. The molecule has 0 saturated carbocycles. The first-order valence-corrected chi connectivity index (χ1v) is 20.0. The number of ether oxygens (including phenoxy) is 4. The van der Waals surface area contributed by atoms with Crippen molar-refractivity contribution in [3.05, 3.63) is 121 Å². The average molecular weight is 796 g/mol. The van der Waals surface area contributed by atoms with Crippen LogP contribution in [0.1, 0.15) is 57.0 Å². The highest BCUT2D eigenvalue weighted by molar-refractivity contribution is 7.44. The Labute approximate surface area is 332 Å². The van der Waals surface area contributed by atoms with Crippen molar-refractivity contribution in [3.8, 4) is 17.6 Å². The Kier molecular flexibility index (Phi) is 12.4. The molecule has 0 bridgehead atoms. The van der Waals surface area contributed by atoms with Gasteiger partial charge in [0.1, 0.15) is 35.6 Å². The van der Waals surface area contributed by atoms with Crippen LogP contribution in [0.3, 0.4) is 0 Å². The van der Waals surface area contributed by atoms with E-state index in [4.69, 9.17) is 28.0 Å². The summed E-state index contributed by atoms with van der Waals surface area (Å²) in [6, 6.07) is 27.4. The number of hydrogen-bond acceptors (Lipinski definition) is 11. The van der Waals surface area contributed by atoms with Crippen LogP contribution in [0, 0.1) is 11.3 Å². The zero-order chi connectivity index (χ0) is 40.1. The topological polar surface area (TPSA) is 130 Å². The molecule has 3 aromatic heterocycles. The van der Waals surface area contributed by atoms with Gasteiger partial charge in [0.2, 0.25) is 0 Å². The molecule has 1 aliphatic heterocycles. The molecular weight excluding hydrogens is 748 g/mol. The molecule has 0 amide bonds. The smallest absolute Gasteiger partial charge is 0.259 e. The Balaban J connectivity index is 1.33. The van der Waals surface area contributed by atoms with E-state index in [0.717, 1.165) is 16.7 Å². The van der Waals surface area contributed by atoms with Crippen LogP contribution in [0.5, 0.6) is 11.5 Å². The first-order valence-electron chi connectivity index (χ1n) is 18.9. The van der Waals surface area contributed by atoms with Crippen molar-refractivity contribution in [2.75, 3.05) is 27.4 Å². The number of hydrogen-bond donors (Lipinski definition) is 0. The maximum Gasteiger partial charge on any atom is 0.259 e. The highest BCUT2D eigenvalue weighted by atomic mass is 31.2. The van der Waals surface area contributed by atoms with E-state index >= 15 is 4.39 Å². The molecule has 298 valence electrons. The fourth-order valence-corrected chi connectivity index (χ4v) is 9.16. The molecule has 4 heterocycles. The van der Waals surface area contributed by atoms with Crippen LogP contribution >= 0.6 is 8.53 Å². The number of imidazole rings is 2. The van der Waals surface area contributed by atoms with Crippen LogP contribution in [-0.4, -0.2) is 86.5 Å². The van der Waals surface area contributed by atoms with Gasteiger partial charge in [0.05, 0.1) is 46.3 Å². The van der Waals surface area contributed by atoms with Crippen molar-refractivity contribution in [2.45, 2.75) is 76.4 Å². The van der Waals surface area contributed by atoms with Crippen LogP contribution in [0.4, 0.5) is 4.39 Å². The first-order chi connectivity index (χ1) is 27.7. The molecule has 0 radical (unpaired) electrons. The summed E-state index contributed by atoms with van der Waals surface area (Å²) in [5.74, 6) is 1.37. The lowest BCUT2D eigenvalue weighted by Crippen LogP contribution is -2.41. The van der Waals surface area contributed by atoms with E-state index < -0.39 is 38.7 Å². The minimum atomic E-state index is -1.86. The molecule has 1 aliphatic rings. The van der Waals surface area contributed by atoms with E-state index in [1.165, 1.54) is 6.33 Å². The molecule has 0 N–H and O–H groups in total. The summed E-state index contributed by atoms with van der Waals surface area (Å²) >= 11 is 0. The number of fused-ring (bicyclic) bond motifs is 3. The Hall–Kier alpha value is -5.00. The van der Waals surface area contributed by atoms with Crippen LogP contribution in [-0.2, 0) is 24.1 Å². The largest absolute Gasteiger partial charge is 0.497 e. The van der Waals surface area contributed by atoms with Gasteiger partial charge in [0.25, 0.3) is 8.53 Å². The number of alkyl halides is 1. The van der Waals surface area contributed by atoms with Crippen LogP contribution < -0.4 is 9.47 Å². The van der Waals surface area contributed by atoms with E-state index in [-0.39, 0.29) is 31.7 Å². The second-order valence-electron chi connectivity index (χ2n) is 14.2. The Morgan fingerprint density at radius 3 is 2.09 bits per heavy atom. The van der Waals surface area contributed by atoms with Gasteiger partial charge in [0.15, 0.2) is 29.2 Å². The number of nitrogens with zero attached hydrogens (tertiary/aromatic N) is 7. The van der Waals surface area contributed by atoms with Gasteiger partial charge in [-0.1, -0.05) is 54.6 Å². The van der Waals surface area contributed by atoms with Crippen molar-refractivity contribution in [3.63, 3.8) is 0 Å². The van der Waals surface area contributed by atoms with Gasteiger partial charge < -0.3 is 28.0 Å². The van der Waals surface area contributed by atoms with Crippen molar-refractivity contribution in [1.82, 2.24) is 28.6 Å². The van der Waals surface area contributed by atoms with Crippen LogP contribution in [0.25, 0.3) is 16.8 Å². The zero-order valence-electron chi connectivity index (χ0n) is 32.8. The van der Waals surface area contributed by atoms with E-state index in [2.05, 4.69) is 25.7 Å². The van der Waals surface area contributed by atoms with Gasteiger partial charge in [-0.25, -0.2) is 24.0 Å². The molecule has 0 spiro atoms. The molecule has 1 saturated heterocycles. The summed E-state index contributed by atoms with van der Waals surface area (Å²) in [5, 5.41) is 9.36. The predicted octanol–water partition coefficient (Wildman–Crippen LogP) is 8.00. The molecule has 7 rings (SSSR count). The SMILES string of the molecule is COc1ccc(C(OC[C@H]2O[C@@H](n3cnc4c3ncn3ccnc43)[C@@H](F)[C@@H]2OP(OCCC#N)N(C(C)C)C(C)C)(c2ccccc2)c2ccc(OC)cc2)cc1. The summed E-state index contributed by atoms with van der Waals surface area (Å²) in [7, 11) is 1.38. The molecule has 3 aromatic carbocycles. The summed E-state index contributed by atoms with van der Waals surface area (Å²) in [5.41, 5.74) is 2.76. The van der Waals surface area contributed by atoms with Crippen molar-refractivity contribution in [1.29, 1.82) is 5.26 Å². The summed E-state index contributed by atoms with van der Waals surface area (Å²) in [6.45, 7) is 8.15. The second-order valence-corrected chi connectivity index (χ2v) is 15.6. The molecular formula is C42H47FN7O6P. The number of methoxy groups -OCH3 is 2. The molecule has 0 aliphatic carbocycles. The van der Waals surface area contributed by atoms with E-state index in [0.29, 0.717) is 28.3 Å². The van der Waals surface area contributed by atoms with Gasteiger partial charge in [-0.2, -0.15) is 5.26 Å². The Bertz CT molecular complexity index is 2210. The zero-order valence-corrected chi connectivity index (χ0v) is 33.7. The van der Waals surface area contributed by atoms with Gasteiger partial charge in [-0.3, -0.25) is 8.97 Å². The predicted molar refractivity (Wildman–Crippen MR) is 213 cm³/mol. The average Bonchev–Trinajstić information content (AvgIpc) is 3.96. The lowest BCUT2D eigenvalue weighted by molar-refractivity contribution is -0.0919. The fraction of sp³-hybridized carbons (Fsp3) is 0.381. The monoisotopic (exact) mass is 795 g/mol. The maximum atomic E-state index is 17.5. The van der Waals surface area contributed by atoms with Gasteiger partial charge in [-0.05, 0) is 68.7 Å². The number of benzene rings is 3. The standard InChI is InChI=1S/C42H47FN7O6P/c1-28(2)50(29(3)4)57(54-24-10-21-44)56-38-35(55-41(36(38)43)49-27-46-37-39-45-22-23-48(39)26-47-40(37)49)25-53-42(30-11-8-7-9-12-30,31-13-17-33(51-5)18-14-31)32-15-19-34(52-6)20-16-32/h7-9,11-20,22-23,26-29,35-36,38,41H,10,24-25H2,1-6H3/t35-,36+,38-,41-,57?/m1/s1. The summed E-state index contributed by atoms with van der Waals surface area (Å²) < 4.78 is 60.9. The maximum absolute atomic E-state index is 17.5. The highest BCUT2D eigenvalue weighted by Gasteiger charge is 2.51. The van der Waals surface area contributed by atoms with Gasteiger partial charge in [-0.15, -0.1) is 0 Å². The minimum Gasteiger partial charge on any atom is -0.497 e.